The Hall–Kier alpha value is -0.800. The largest absolute Gasteiger partial charge is 0.463 e. The van der Waals surface area contributed by atoms with E-state index in [1.807, 2.05) is 19.9 Å². The Morgan fingerprint density at radius 3 is 2.67 bits per heavy atom. The molecule has 0 fully saturated rings. The van der Waals surface area contributed by atoms with Gasteiger partial charge in [-0.05, 0) is 32.5 Å². The zero-order valence-electron chi connectivity index (χ0n) is 7.72. The molecule has 1 atom stereocenters. The van der Waals surface area contributed by atoms with Crippen LogP contribution >= 0.6 is 0 Å². The minimum absolute atomic E-state index is 0.520. The maximum absolute atomic E-state index is 9.50. The van der Waals surface area contributed by atoms with Crippen LogP contribution < -0.4 is 5.32 Å². The first-order valence-corrected chi connectivity index (χ1v) is 4.04. The predicted octanol–water partition coefficient (Wildman–Crippen LogP) is 1.15. The number of furan rings is 1. The summed E-state index contributed by atoms with van der Waals surface area (Å²) >= 11 is 0. The van der Waals surface area contributed by atoms with Gasteiger partial charge in [0.2, 0.25) is 0 Å². The van der Waals surface area contributed by atoms with Crippen LogP contribution in [-0.4, -0.2) is 18.7 Å². The molecule has 0 radical (unpaired) electrons. The average Bonchev–Trinajstić information content (AvgIpc) is 2.33. The normalized spacial score (nSPS) is 13.3. The van der Waals surface area contributed by atoms with E-state index >= 15 is 0 Å². The molecule has 0 saturated carbocycles. The maximum atomic E-state index is 9.50. The lowest BCUT2D eigenvalue weighted by Crippen LogP contribution is -2.16. The third-order valence-electron chi connectivity index (χ3n) is 1.91. The highest BCUT2D eigenvalue weighted by molar-refractivity contribution is 5.20. The Labute approximate surface area is 72.4 Å². The molecule has 0 aliphatic carbocycles. The Morgan fingerprint density at radius 1 is 1.58 bits per heavy atom. The van der Waals surface area contributed by atoms with Crippen LogP contribution in [0.2, 0.25) is 0 Å². The van der Waals surface area contributed by atoms with Crippen LogP contribution in [-0.2, 0) is 0 Å². The van der Waals surface area contributed by atoms with Gasteiger partial charge in [-0.3, -0.25) is 0 Å². The van der Waals surface area contributed by atoms with Gasteiger partial charge in [-0.2, -0.15) is 0 Å². The van der Waals surface area contributed by atoms with Gasteiger partial charge in [0.15, 0.2) is 0 Å². The fraction of sp³-hybridized carbons (Fsp3) is 0.556. The van der Waals surface area contributed by atoms with Crippen LogP contribution in [0.1, 0.15) is 23.2 Å². The van der Waals surface area contributed by atoms with E-state index in [0.29, 0.717) is 12.3 Å². The average molecular weight is 169 g/mol. The summed E-state index contributed by atoms with van der Waals surface area (Å²) in [6, 6.07) is 1.87. The molecule has 1 unspecified atom stereocenters. The van der Waals surface area contributed by atoms with E-state index in [9.17, 15) is 5.11 Å². The second-order valence-corrected chi connectivity index (χ2v) is 2.96. The van der Waals surface area contributed by atoms with E-state index < -0.39 is 6.10 Å². The number of rotatable bonds is 3. The number of aryl methyl sites for hydroxylation is 2. The monoisotopic (exact) mass is 169 g/mol. The standard InChI is InChI=1S/C9H15NO2/c1-6-4-9(12-7(6)2)8(11)5-10-3/h4,8,10-11H,5H2,1-3H3. The highest BCUT2D eigenvalue weighted by Crippen LogP contribution is 2.19. The summed E-state index contributed by atoms with van der Waals surface area (Å²) in [6.45, 7) is 4.38. The van der Waals surface area contributed by atoms with Gasteiger partial charge in [0, 0.05) is 6.54 Å². The van der Waals surface area contributed by atoms with Crippen LogP contribution in [0.25, 0.3) is 0 Å². The van der Waals surface area contributed by atoms with Crippen molar-refractivity contribution in [3.8, 4) is 0 Å². The molecule has 0 aliphatic heterocycles. The smallest absolute Gasteiger partial charge is 0.134 e. The van der Waals surface area contributed by atoms with E-state index in [4.69, 9.17) is 4.42 Å². The number of likely N-dealkylation sites (N-methyl/N-ethyl adjacent to an activating group) is 1. The molecule has 0 amide bonds. The van der Waals surface area contributed by atoms with Crippen molar-refractivity contribution in [3.63, 3.8) is 0 Å². The zero-order valence-corrected chi connectivity index (χ0v) is 7.72. The summed E-state index contributed by atoms with van der Waals surface area (Å²) in [5.41, 5.74) is 1.08. The van der Waals surface area contributed by atoms with Gasteiger partial charge in [0.25, 0.3) is 0 Å². The van der Waals surface area contributed by atoms with Crippen LogP contribution in [0, 0.1) is 13.8 Å². The molecular weight excluding hydrogens is 154 g/mol. The van der Waals surface area contributed by atoms with Crippen molar-refractivity contribution in [1.29, 1.82) is 0 Å². The summed E-state index contributed by atoms with van der Waals surface area (Å²) in [4.78, 5) is 0. The van der Waals surface area contributed by atoms with E-state index in [1.165, 1.54) is 0 Å². The zero-order chi connectivity index (χ0) is 9.14. The van der Waals surface area contributed by atoms with Crippen molar-refractivity contribution >= 4 is 0 Å². The number of hydrogen-bond acceptors (Lipinski definition) is 3. The van der Waals surface area contributed by atoms with Crippen molar-refractivity contribution in [2.45, 2.75) is 20.0 Å². The molecule has 3 nitrogen and oxygen atoms in total. The second-order valence-electron chi connectivity index (χ2n) is 2.96. The van der Waals surface area contributed by atoms with Crippen molar-refractivity contribution in [3.05, 3.63) is 23.2 Å². The van der Waals surface area contributed by atoms with E-state index in [-0.39, 0.29) is 0 Å². The molecule has 0 spiro atoms. The van der Waals surface area contributed by atoms with Crippen molar-refractivity contribution in [2.24, 2.45) is 0 Å². The Morgan fingerprint density at radius 2 is 2.25 bits per heavy atom. The predicted molar refractivity (Wildman–Crippen MR) is 47.1 cm³/mol. The van der Waals surface area contributed by atoms with Gasteiger partial charge < -0.3 is 14.8 Å². The van der Waals surface area contributed by atoms with Crippen molar-refractivity contribution in [2.75, 3.05) is 13.6 Å². The highest BCUT2D eigenvalue weighted by atomic mass is 16.4. The summed E-state index contributed by atoms with van der Waals surface area (Å²) in [7, 11) is 1.80. The molecule has 0 aliphatic rings. The first-order valence-electron chi connectivity index (χ1n) is 4.04. The molecule has 68 valence electrons. The molecule has 3 heteroatoms. The van der Waals surface area contributed by atoms with Crippen LogP contribution in [0.15, 0.2) is 10.5 Å². The van der Waals surface area contributed by atoms with Crippen LogP contribution in [0.5, 0.6) is 0 Å². The number of aliphatic hydroxyl groups is 1. The molecule has 12 heavy (non-hydrogen) atoms. The number of nitrogens with one attached hydrogen (secondary N) is 1. The van der Waals surface area contributed by atoms with Gasteiger partial charge in [0.05, 0.1) is 0 Å². The summed E-state index contributed by atoms with van der Waals surface area (Å²) in [6.07, 6.45) is -0.539. The summed E-state index contributed by atoms with van der Waals surface area (Å²) in [5, 5.41) is 12.4. The lowest BCUT2D eigenvalue weighted by molar-refractivity contribution is 0.149. The SMILES string of the molecule is CNCC(O)c1cc(C)c(C)o1. The first-order chi connectivity index (χ1) is 5.65. The number of hydrogen-bond donors (Lipinski definition) is 2. The van der Waals surface area contributed by atoms with Gasteiger partial charge >= 0.3 is 0 Å². The number of aliphatic hydroxyl groups excluding tert-OH is 1. The minimum Gasteiger partial charge on any atom is -0.463 e. The second kappa shape index (κ2) is 3.74. The van der Waals surface area contributed by atoms with Gasteiger partial charge in [-0.25, -0.2) is 0 Å². The summed E-state index contributed by atoms with van der Waals surface area (Å²) < 4.78 is 5.34. The van der Waals surface area contributed by atoms with Crippen LogP contribution in [0.4, 0.5) is 0 Å². The van der Waals surface area contributed by atoms with Gasteiger partial charge in [0.1, 0.15) is 17.6 Å². The van der Waals surface area contributed by atoms with Crippen molar-refractivity contribution in [1.82, 2.24) is 5.32 Å². The van der Waals surface area contributed by atoms with Crippen LogP contribution in [0.3, 0.4) is 0 Å². The van der Waals surface area contributed by atoms with E-state index in [2.05, 4.69) is 5.32 Å². The fourth-order valence-corrected chi connectivity index (χ4v) is 1.06. The van der Waals surface area contributed by atoms with Gasteiger partial charge in [-0.15, -0.1) is 0 Å². The third kappa shape index (κ3) is 1.87. The van der Waals surface area contributed by atoms with Crippen molar-refractivity contribution < 1.29 is 9.52 Å². The molecule has 0 bridgehead atoms. The van der Waals surface area contributed by atoms with E-state index in [0.717, 1.165) is 11.3 Å². The molecule has 1 aromatic heterocycles. The topological polar surface area (TPSA) is 45.4 Å². The molecular formula is C9H15NO2. The fourth-order valence-electron chi connectivity index (χ4n) is 1.06. The Bertz CT molecular complexity index is 236. The lowest BCUT2D eigenvalue weighted by Gasteiger charge is -2.05. The van der Waals surface area contributed by atoms with Gasteiger partial charge in [-0.1, -0.05) is 0 Å². The van der Waals surface area contributed by atoms with E-state index in [1.54, 1.807) is 7.05 Å². The summed E-state index contributed by atoms with van der Waals surface area (Å²) in [5.74, 6) is 1.51. The molecule has 0 saturated heterocycles. The maximum Gasteiger partial charge on any atom is 0.134 e. The minimum atomic E-state index is -0.539. The Kier molecular flexibility index (Phi) is 2.89. The quantitative estimate of drug-likeness (QED) is 0.713. The lowest BCUT2D eigenvalue weighted by atomic mass is 10.2. The highest BCUT2D eigenvalue weighted by Gasteiger charge is 2.11. The molecule has 0 aromatic carbocycles. The molecule has 1 aromatic rings. The Balaban J connectivity index is 2.74. The molecule has 2 N–H and O–H groups in total. The third-order valence-corrected chi connectivity index (χ3v) is 1.91. The first kappa shape index (κ1) is 9.29. The molecule has 1 rings (SSSR count). The molecule has 1 heterocycles.